The maximum Gasteiger partial charge on any atom is 0.235 e. The van der Waals surface area contributed by atoms with Gasteiger partial charge in [0.1, 0.15) is 0 Å². The van der Waals surface area contributed by atoms with Gasteiger partial charge in [-0.3, -0.25) is 9.69 Å². The molecule has 1 amide bonds. The van der Waals surface area contributed by atoms with E-state index >= 15 is 0 Å². The van der Waals surface area contributed by atoms with Crippen molar-refractivity contribution in [2.24, 2.45) is 5.73 Å². The van der Waals surface area contributed by atoms with Crippen LogP contribution in [0.1, 0.15) is 13.8 Å². The highest BCUT2D eigenvalue weighted by Gasteiger charge is 2.25. The van der Waals surface area contributed by atoms with Crippen molar-refractivity contribution >= 4 is 5.91 Å². The van der Waals surface area contributed by atoms with Crippen molar-refractivity contribution in [1.82, 2.24) is 15.1 Å². The van der Waals surface area contributed by atoms with Crippen LogP contribution in [0.15, 0.2) is 0 Å². The second-order valence-corrected chi connectivity index (χ2v) is 4.62. The average Bonchev–Trinajstić information content (AvgIpc) is 2.20. The maximum absolute atomic E-state index is 11.3. The topological polar surface area (TPSA) is 61.6 Å². The largest absolute Gasteiger partial charge is 0.368 e. The summed E-state index contributed by atoms with van der Waals surface area (Å²) in [5, 5.41) is 3.13. The number of primary amides is 1. The number of likely N-dealkylation sites (N-methyl/N-ethyl adjacent to an activating group) is 2. The van der Waals surface area contributed by atoms with Crippen molar-refractivity contribution in [3.8, 4) is 0 Å². The number of carbonyl (C=O) groups excluding carboxylic acids is 1. The first-order valence-corrected chi connectivity index (χ1v) is 5.99. The summed E-state index contributed by atoms with van der Waals surface area (Å²) in [4.78, 5) is 15.9. The third-order valence-corrected chi connectivity index (χ3v) is 3.18. The molecule has 1 aliphatic heterocycles. The lowest BCUT2D eigenvalue weighted by Gasteiger charge is -2.39. The molecule has 1 heterocycles. The van der Waals surface area contributed by atoms with Gasteiger partial charge < -0.3 is 16.0 Å². The number of hydrogen-bond acceptors (Lipinski definition) is 4. The third-order valence-electron chi connectivity index (χ3n) is 3.18. The molecule has 1 rings (SSSR count). The predicted octanol–water partition coefficient (Wildman–Crippen LogP) is -0.914. The lowest BCUT2D eigenvalue weighted by molar-refractivity contribution is -0.120. The number of piperazine rings is 1. The molecule has 2 unspecified atom stereocenters. The highest BCUT2D eigenvalue weighted by Crippen LogP contribution is 2.08. The Morgan fingerprint density at radius 3 is 2.75 bits per heavy atom. The van der Waals surface area contributed by atoms with Crippen LogP contribution in [0.5, 0.6) is 0 Å². The van der Waals surface area contributed by atoms with Gasteiger partial charge in [0.25, 0.3) is 0 Å². The summed E-state index contributed by atoms with van der Waals surface area (Å²) >= 11 is 0. The van der Waals surface area contributed by atoms with Crippen LogP contribution in [0.2, 0.25) is 0 Å². The maximum atomic E-state index is 11.3. The molecule has 0 aromatic carbocycles. The highest BCUT2D eigenvalue weighted by molar-refractivity contribution is 5.80. The Kier molecular flexibility index (Phi) is 5.18. The predicted molar refractivity (Wildman–Crippen MR) is 65.2 cm³/mol. The summed E-state index contributed by atoms with van der Waals surface area (Å²) in [6.45, 7) is 8.79. The Balaban J connectivity index is 2.47. The van der Waals surface area contributed by atoms with Crippen molar-refractivity contribution in [1.29, 1.82) is 0 Å². The van der Waals surface area contributed by atoms with Gasteiger partial charge in [0, 0.05) is 32.2 Å². The summed E-state index contributed by atoms with van der Waals surface area (Å²) in [6.07, 6.45) is 0. The smallest absolute Gasteiger partial charge is 0.235 e. The monoisotopic (exact) mass is 228 g/mol. The molecule has 0 aromatic rings. The van der Waals surface area contributed by atoms with Crippen LogP contribution >= 0.6 is 0 Å². The van der Waals surface area contributed by atoms with Crippen molar-refractivity contribution in [2.75, 3.05) is 39.8 Å². The van der Waals surface area contributed by atoms with Gasteiger partial charge in [-0.05, 0) is 20.5 Å². The van der Waals surface area contributed by atoms with Crippen molar-refractivity contribution in [3.05, 3.63) is 0 Å². The van der Waals surface area contributed by atoms with Gasteiger partial charge in [-0.15, -0.1) is 0 Å². The van der Waals surface area contributed by atoms with Crippen LogP contribution in [0.25, 0.3) is 0 Å². The zero-order chi connectivity index (χ0) is 12.1. The number of carbonyl (C=O) groups is 1. The molecular formula is C11H24N4O. The minimum absolute atomic E-state index is 0.226. The van der Waals surface area contributed by atoms with E-state index in [9.17, 15) is 4.79 Å². The number of nitrogens with two attached hydrogens (primary N) is 1. The van der Waals surface area contributed by atoms with E-state index in [1.807, 2.05) is 6.92 Å². The fraction of sp³-hybridized carbons (Fsp3) is 0.909. The standard InChI is InChI=1S/C11H24N4O/c1-4-13-10(11(12)16)8-15-6-5-14(3)7-9(15)2/h9-10,13H,4-8H2,1-3H3,(H2,12,16). The first-order chi connectivity index (χ1) is 7.54. The van der Waals surface area contributed by atoms with Crippen LogP contribution in [-0.4, -0.2) is 67.6 Å². The summed E-state index contributed by atoms with van der Waals surface area (Å²) in [5.74, 6) is -0.257. The first-order valence-electron chi connectivity index (χ1n) is 5.99. The molecule has 1 aliphatic rings. The van der Waals surface area contributed by atoms with Gasteiger partial charge in [0.15, 0.2) is 0 Å². The van der Waals surface area contributed by atoms with Crippen LogP contribution in [0.4, 0.5) is 0 Å². The molecule has 0 radical (unpaired) electrons. The molecular weight excluding hydrogens is 204 g/mol. The van der Waals surface area contributed by atoms with Gasteiger partial charge in [-0.25, -0.2) is 0 Å². The van der Waals surface area contributed by atoms with E-state index in [0.717, 1.165) is 32.7 Å². The van der Waals surface area contributed by atoms with E-state index in [2.05, 4.69) is 29.1 Å². The number of nitrogens with one attached hydrogen (secondary N) is 1. The molecule has 2 atom stereocenters. The van der Waals surface area contributed by atoms with Gasteiger partial charge in [-0.2, -0.15) is 0 Å². The summed E-state index contributed by atoms with van der Waals surface area (Å²) in [7, 11) is 2.13. The van der Waals surface area contributed by atoms with Gasteiger partial charge in [0.05, 0.1) is 6.04 Å². The highest BCUT2D eigenvalue weighted by atomic mass is 16.1. The van der Waals surface area contributed by atoms with Gasteiger partial charge in [0.2, 0.25) is 5.91 Å². The normalized spacial score (nSPS) is 25.6. The van der Waals surface area contributed by atoms with Crippen LogP contribution < -0.4 is 11.1 Å². The number of rotatable bonds is 5. The zero-order valence-electron chi connectivity index (χ0n) is 10.6. The van der Waals surface area contributed by atoms with E-state index in [0.29, 0.717) is 6.04 Å². The van der Waals surface area contributed by atoms with Crippen molar-refractivity contribution in [3.63, 3.8) is 0 Å². The summed E-state index contributed by atoms with van der Waals surface area (Å²) in [6, 6.07) is 0.259. The second kappa shape index (κ2) is 6.18. The van der Waals surface area contributed by atoms with Gasteiger partial charge in [-0.1, -0.05) is 6.92 Å². The molecule has 0 spiro atoms. The zero-order valence-corrected chi connectivity index (χ0v) is 10.6. The molecule has 94 valence electrons. The molecule has 1 saturated heterocycles. The molecule has 5 heteroatoms. The third kappa shape index (κ3) is 3.73. The average molecular weight is 228 g/mol. The van der Waals surface area contributed by atoms with Gasteiger partial charge >= 0.3 is 0 Å². The Hall–Kier alpha value is -0.650. The molecule has 0 aromatic heterocycles. The molecule has 0 bridgehead atoms. The molecule has 1 fully saturated rings. The van der Waals surface area contributed by atoms with Crippen LogP contribution in [0.3, 0.4) is 0 Å². The second-order valence-electron chi connectivity index (χ2n) is 4.62. The number of nitrogens with zero attached hydrogens (tertiary/aromatic N) is 2. The molecule has 0 aliphatic carbocycles. The summed E-state index contributed by atoms with van der Waals surface area (Å²) in [5.41, 5.74) is 5.37. The fourth-order valence-electron chi connectivity index (χ4n) is 2.18. The Morgan fingerprint density at radius 2 is 2.25 bits per heavy atom. The lowest BCUT2D eigenvalue weighted by Crippen LogP contribution is -2.56. The van der Waals surface area contributed by atoms with E-state index < -0.39 is 0 Å². The van der Waals surface area contributed by atoms with E-state index in [1.165, 1.54) is 0 Å². The van der Waals surface area contributed by atoms with Crippen LogP contribution in [-0.2, 0) is 4.79 Å². The quantitative estimate of drug-likeness (QED) is 0.639. The fourth-order valence-corrected chi connectivity index (χ4v) is 2.18. The number of amides is 1. The molecule has 3 N–H and O–H groups in total. The number of hydrogen-bond donors (Lipinski definition) is 2. The Bertz CT molecular complexity index is 234. The van der Waals surface area contributed by atoms with Crippen LogP contribution in [0, 0.1) is 0 Å². The molecule has 0 saturated carbocycles. The van der Waals surface area contributed by atoms with Crippen molar-refractivity contribution < 1.29 is 4.79 Å². The van der Waals surface area contributed by atoms with E-state index in [4.69, 9.17) is 5.73 Å². The van der Waals surface area contributed by atoms with E-state index in [-0.39, 0.29) is 11.9 Å². The lowest BCUT2D eigenvalue weighted by atomic mass is 10.1. The summed E-state index contributed by atoms with van der Waals surface area (Å²) < 4.78 is 0. The Morgan fingerprint density at radius 1 is 1.56 bits per heavy atom. The van der Waals surface area contributed by atoms with E-state index in [1.54, 1.807) is 0 Å². The SMILES string of the molecule is CCNC(CN1CCN(C)CC1C)C(N)=O. The minimum Gasteiger partial charge on any atom is -0.368 e. The molecule has 16 heavy (non-hydrogen) atoms. The Labute approximate surface area is 98.0 Å². The molecule has 5 nitrogen and oxygen atoms in total. The first kappa shape index (κ1) is 13.4. The minimum atomic E-state index is -0.257. The van der Waals surface area contributed by atoms with Crippen molar-refractivity contribution in [2.45, 2.75) is 25.9 Å².